The monoisotopic (exact) mass is 350 g/mol. The van der Waals surface area contributed by atoms with Crippen molar-refractivity contribution in [1.82, 2.24) is 4.72 Å². The Morgan fingerprint density at radius 2 is 1.62 bits per heavy atom. The summed E-state index contributed by atoms with van der Waals surface area (Å²) in [5, 5.41) is 3.38. The molecule has 0 spiro atoms. The zero-order chi connectivity index (χ0) is 17.5. The van der Waals surface area contributed by atoms with Crippen LogP contribution in [-0.4, -0.2) is 19.8 Å². The third-order valence-electron chi connectivity index (χ3n) is 5.54. The number of nitrogens with one attached hydrogen (secondary N) is 2. The van der Waals surface area contributed by atoms with E-state index >= 15 is 0 Å². The van der Waals surface area contributed by atoms with E-state index in [0.29, 0.717) is 11.8 Å². The van der Waals surface area contributed by atoms with E-state index in [1.54, 1.807) is 0 Å². The van der Waals surface area contributed by atoms with Gasteiger partial charge in [0.05, 0.1) is 11.4 Å². The van der Waals surface area contributed by atoms with Gasteiger partial charge in [-0.15, -0.1) is 0 Å². The summed E-state index contributed by atoms with van der Waals surface area (Å²) in [6.45, 7) is 8.75. The first kappa shape index (κ1) is 17.7. The summed E-state index contributed by atoms with van der Waals surface area (Å²) in [7, 11) is -3.20. The molecule has 5 heteroatoms. The van der Waals surface area contributed by atoms with Gasteiger partial charge in [-0.3, -0.25) is 0 Å². The molecular formula is C19H30N2O2S. The fraction of sp³-hybridized carbons (Fsp3) is 0.684. The van der Waals surface area contributed by atoms with Crippen LogP contribution in [0.3, 0.4) is 0 Å². The number of para-hydroxylation sites is 1. The molecule has 0 bridgehead atoms. The second-order valence-electron chi connectivity index (χ2n) is 7.89. The second-order valence-corrected chi connectivity index (χ2v) is 9.82. The Bertz CT molecular complexity index is 671. The summed E-state index contributed by atoms with van der Waals surface area (Å²) in [6, 6.07) is 6.42. The maximum Gasteiger partial charge on any atom is 0.216 e. The Morgan fingerprint density at radius 3 is 2.21 bits per heavy atom. The summed E-state index contributed by atoms with van der Waals surface area (Å²) in [5.74, 6) is 0.960. The van der Waals surface area contributed by atoms with Crippen LogP contribution in [0, 0.1) is 5.92 Å². The van der Waals surface area contributed by atoms with Gasteiger partial charge >= 0.3 is 0 Å². The van der Waals surface area contributed by atoms with Crippen LogP contribution in [0.5, 0.6) is 0 Å². The second kappa shape index (κ2) is 6.68. The average molecular weight is 351 g/mol. The number of hydrogen-bond acceptors (Lipinski definition) is 3. The Labute approximate surface area is 146 Å². The van der Waals surface area contributed by atoms with Gasteiger partial charge in [-0.2, -0.15) is 4.72 Å². The molecule has 1 saturated heterocycles. The van der Waals surface area contributed by atoms with Crippen LogP contribution in [0.4, 0.5) is 5.69 Å². The Balaban J connectivity index is 1.96. The molecule has 1 aliphatic heterocycles. The highest BCUT2D eigenvalue weighted by Crippen LogP contribution is 2.39. The number of sulfonamides is 1. The number of hydrogen-bond donors (Lipinski definition) is 2. The highest BCUT2D eigenvalue weighted by Gasteiger charge is 2.47. The summed E-state index contributed by atoms with van der Waals surface area (Å²) in [6.07, 6.45) is 3.74. The summed E-state index contributed by atoms with van der Waals surface area (Å²) >= 11 is 0. The number of fused-ring (bicyclic) bond motifs is 1. The number of rotatable bonds is 4. The van der Waals surface area contributed by atoms with Gasteiger partial charge in [-0.1, -0.05) is 58.7 Å². The van der Waals surface area contributed by atoms with Crippen molar-refractivity contribution in [3.8, 4) is 0 Å². The number of benzene rings is 1. The average Bonchev–Trinajstić information content (AvgIpc) is 2.78. The minimum absolute atomic E-state index is 0.170. The van der Waals surface area contributed by atoms with E-state index in [0.717, 1.165) is 31.4 Å². The molecule has 24 heavy (non-hydrogen) atoms. The van der Waals surface area contributed by atoms with E-state index < -0.39 is 10.0 Å². The van der Waals surface area contributed by atoms with Crippen LogP contribution in [0.15, 0.2) is 18.2 Å². The maximum atomic E-state index is 12.5. The quantitative estimate of drug-likeness (QED) is 0.857. The first-order chi connectivity index (χ1) is 11.3. The van der Waals surface area contributed by atoms with E-state index in [4.69, 9.17) is 0 Å². The van der Waals surface area contributed by atoms with Crippen molar-refractivity contribution in [3.63, 3.8) is 0 Å². The predicted octanol–water partition coefficient (Wildman–Crippen LogP) is 4.16. The summed E-state index contributed by atoms with van der Waals surface area (Å²) in [4.78, 5) is 0. The Morgan fingerprint density at radius 1 is 1.04 bits per heavy atom. The van der Waals surface area contributed by atoms with Gasteiger partial charge in [0.25, 0.3) is 0 Å². The van der Waals surface area contributed by atoms with E-state index in [2.05, 4.69) is 55.9 Å². The van der Waals surface area contributed by atoms with E-state index in [1.165, 1.54) is 11.1 Å². The molecule has 1 aromatic carbocycles. The van der Waals surface area contributed by atoms with Crippen molar-refractivity contribution in [1.29, 1.82) is 0 Å². The van der Waals surface area contributed by atoms with E-state index in [1.807, 2.05) is 0 Å². The van der Waals surface area contributed by atoms with Crippen LogP contribution < -0.4 is 10.0 Å². The van der Waals surface area contributed by atoms with Gasteiger partial charge in [-0.25, -0.2) is 8.42 Å². The fourth-order valence-electron chi connectivity index (χ4n) is 4.25. The molecule has 1 aromatic rings. The molecule has 3 unspecified atom stereocenters. The van der Waals surface area contributed by atoms with Crippen LogP contribution in [-0.2, 0) is 10.0 Å². The Kier molecular flexibility index (Phi) is 4.94. The lowest BCUT2D eigenvalue weighted by atomic mass is 9.86. The SMILES string of the molecule is CC(C)c1cccc(C(C)C)c1NC1NS(=O)(=O)C2CCCCC12. The van der Waals surface area contributed by atoms with Crippen molar-refractivity contribution in [3.05, 3.63) is 29.3 Å². The molecule has 134 valence electrons. The van der Waals surface area contributed by atoms with Crippen molar-refractivity contribution >= 4 is 15.7 Å². The standard InChI is InChI=1S/C19H30N2O2S/c1-12(2)14-9-7-10-15(13(3)4)18(14)20-19-16-8-5-6-11-17(16)24(22,23)21-19/h7,9-10,12-13,16-17,19-21H,5-6,8,11H2,1-4H3. The first-order valence-corrected chi connectivity index (χ1v) is 10.8. The topological polar surface area (TPSA) is 58.2 Å². The normalized spacial score (nSPS) is 29.0. The number of anilines is 1. The summed E-state index contributed by atoms with van der Waals surface area (Å²) < 4.78 is 27.9. The lowest BCUT2D eigenvalue weighted by Gasteiger charge is -2.29. The molecule has 3 atom stereocenters. The van der Waals surface area contributed by atoms with E-state index in [9.17, 15) is 8.42 Å². The molecule has 0 amide bonds. The molecule has 3 rings (SSSR count). The van der Waals surface area contributed by atoms with Crippen LogP contribution in [0.1, 0.15) is 76.3 Å². The van der Waals surface area contributed by atoms with Crippen molar-refractivity contribution in [2.24, 2.45) is 5.92 Å². The maximum absolute atomic E-state index is 12.5. The van der Waals surface area contributed by atoms with Gasteiger partial charge < -0.3 is 5.32 Å². The molecule has 4 nitrogen and oxygen atoms in total. The lowest BCUT2D eigenvalue weighted by Crippen LogP contribution is -2.38. The largest absolute Gasteiger partial charge is 0.368 e. The predicted molar refractivity (Wildman–Crippen MR) is 99.8 cm³/mol. The van der Waals surface area contributed by atoms with Crippen molar-refractivity contribution in [2.45, 2.75) is 76.6 Å². The van der Waals surface area contributed by atoms with Gasteiger partial charge in [0.15, 0.2) is 0 Å². The van der Waals surface area contributed by atoms with Gasteiger partial charge in [0.2, 0.25) is 10.0 Å². The zero-order valence-electron chi connectivity index (χ0n) is 15.2. The zero-order valence-corrected chi connectivity index (χ0v) is 16.0. The minimum Gasteiger partial charge on any atom is -0.368 e. The third kappa shape index (κ3) is 3.21. The molecular weight excluding hydrogens is 320 g/mol. The molecule has 0 aromatic heterocycles. The molecule has 1 heterocycles. The van der Waals surface area contributed by atoms with Crippen LogP contribution >= 0.6 is 0 Å². The van der Waals surface area contributed by atoms with Gasteiger partial charge in [0.1, 0.15) is 0 Å². The Hall–Kier alpha value is -1.07. The molecule has 2 fully saturated rings. The van der Waals surface area contributed by atoms with Gasteiger partial charge in [0, 0.05) is 11.6 Å². The molecule has 2 aliphatic rings. The van der Waals surface area contributed by atoms with Crippen LogP contribution in [0.2, 0.25) is 0 Å². The highest BCUT2D eigenvalue weighted by molar-refractivity contribution is 7.90. The fourth-order valence-corrected chi connectivity index (χ4v) is 6.25. The molecule has 1 saturated carbocycles. The van der Waals surface area contributed by atoms with Crippen molar-refractivity contribution < 1.29 is 8.42 Å². The molecule has 0 radical (unpaired) electrons. The summed E-state index contributed by atoms with van der Waals surface area (Å²) in [5.41, 5.74) is 3.65. The highest BCUT2D eigenvalue weighted by atomic mass is 32.2. The minimum atomic E-state index is -3.20. The van der Waals surface area contributed by atoms with Crippen LogP contribution in [0.25, 0.3) is 0 Å². The molecule has 2 N–H and O–H groups in total. The molecule has 1 aliphatic carbocycles. The first-order valence-electron chi connectivity index (χ1n) is 9.21. The van der Waals surface area contributed by atoms with Crippen molar-refractivity contribution in [2.75, 3.05) is 5.32 Å². The smallest absolute Gasteiger partial charge is 0.216 e. The third-order valence-corrected chi connectivity index (χ3v) is 7.51. The van der Waals surface area contributed by atoms with Gasteiger partial charge in [-0.05, 0) is 35.8 Å². The lowest BCUT2D eigenvalue weighted by molar-refractivity contribution is 0.341. The van der Waals surface area contributed by atoms with E-state index in [-0.39, 0.29) is 17.3 Å².